The molecular weight excluding hydrogens is 443 g/mol. The van der Waals surface area contributed by atoms with Gasteiger partial charge in [0.25, 0.3) is 0 Å². The van der Waals surface area contributed by atoms with E-state index in [0.717, 1.165) is 25.7 Å². The molecular formula is C15H35IN4O3S. The fourth-order valence-corrected chi connectivity index (χ4v) is 2.89. The highest BCUT2D eigenvalue weighted by molar-refractivity contribution is 14.0. The number of guanidine groups is 1. The van der Waals surface area contributed by atoms with Crippen LogP contribution in [0.1, 0.15) is 53.4 Å². The zero-order valence-corrected chi connectivity index (χ0v) is 18.5. The highest BCUT2D eigenvalue weighted by Gasteiger charge is 2.24. The number of nitrogens with zero attached hydrogens (tertiary/aromatic N) is 1. The first-order valence-electron chi connectivity index (χ1n) is 8.54. The monoisotopic (exact) mass is 478 g/mol. The molecule has 0 aliphatic carbocycles. The molecule has 0 unspecified atom stereocenters. The molecule has 0 bridgehead atoms. The molecule has 4 N–H and O–H groups in total. The summed E-state index contributed by atoms with van der Waals surface area (Å²) in [7, 11) is -3.17. The minimum absolute atomic E-state index is 0. The van der Waals surface area contributed by atoms with Crippen molar-refractivity contribution >= 4 is 40.0 Å². The molecule has 0 fully saturated rings. The van der Waals surface area contributed by atoms with Gasteiger partial charge in [-0.05, 0) is 26.7 Å². The molecule has 0 aromatic heterocycles. The number of hydrogen-bond acceptors (Lipinski definition) is 4. The molecule has 0 atom stereocenters. The summed E-state index contributed by atoms with van der Waals surface area (Å²) in [5.41, 5.74) is -0.768. The van der Waals surface area contributed by atoms with E-state index in [1.54, 1.807) is 6.92 Å². The van der Waals surface area contributed by atoms with E-state index < -0.39 is 15.6 Å². The van der Waals surface area contributed by atoms with Crippen LogP contribution in [0.2, 0.25) is 0 Å². The summed E-state index contributed by atoms with van der Waals surface area (Å²) < 4.78 is 25.2. The molecule has 0 rings (SSSR count). The van der Waals surface area contributed by atoms with E-state index in [1.807, 2.05) is 20.8 Å². The molecule has 0 heterocycles. The number of rotatable bonds is 12. The molecule has 0 aromatic carbocycles. The Morgan fingerprint density at radius 2 is 1.62 bits per heavy atom. The zero-order valence-electron chi connectivity index (χ0n) is 15.4. The van der Waals surface area contributed by atoms with Crippen LogP contribution in [0.4, 0.5) is 0 Å². The smallest absolute Gasteiger partial charge is 0.211 e. The van der Waals surface area contributed by atoms with Gasteiger partial charge in [0.05, 0.1) is 17.9 Å². The number of aliphatic imine (C=N–C) groups is 1. The Kier molecular flexibility index (Phi) is 15.3. The third-order valence-electron chi connectivity index (χ3n) is 3.43. The lowest BCUT2D eigenvalue weighted by molar-refractivity contribution is 0.0306. The molecule has 7 nitrogen and oxygen atoms in total. The predicted molar refractivity (Wildman–Crippen MR) is 112 cm³/mol. The van der Waals surface area contributed by atoms with Crippen LogP contribution in [0.5, 0.6) is 0 Å². The minimum atomic E-state index is -3.17. The van der Waals surface area contributed by atoms with E-state index in [0.29, 0.717) is 32.1 Å². The maximum atomic E-state index is 11.4. The third kappa shape index (κ3) is 12.3. The van der Waals surface area contributed by atoms with Crippen molar-refractivity contribution in [2.45, 2.75) is 59.0 Å². The molecule has 24 heavy (non-hydrogen) atoms. The molecule has 0 aromatic rings. The number of sulfonamides is 1. The normalized spacial score (nSPS) is 12.6. The maximum Gasteiger partial charge on any atom is 0.211 e. The Morgan fingerprint density at radius 3 is 2.08 bits per heavy atom. The highest BCUT2D eigenvalue weighted by atomic mass is 127. The molecule has 0 spiro atoms. The van der Waals surface area contributed by atoms with Gasteiger partial charge < -0.3 is 15.7 Å². The van der Waals surface area contributed by atoms with Gasteiger partial charge in [-0.2, -0.15) is 0 Å². The standard InChI is InChI=1S/C15H34N4O3S.HI/c1-5-9-15(20,10-6-2)13-18-14(16-7-3)17-11-12-19-23(21,22)8-4;/h19-20H,5-13H2,1-4H3,(H2,16,17,18);1H. The third-order valence-corrected chi connectivity index (χ3v) is 4.83. The Hall–Kier alpha value is -0.130. The lowest BCUT2D eigenvalue weighted by atomic mass is 9.93. The second-order valence-electron chi connectivity index (χ2n) is 5.64. The Labute approximate surface area is 164 Å². The Balaban J connectivity index is 0. The quantitative estimate of drug-likeness (QED) is 0.147. The van der Waals surface area contributed by atoms with Crippen LogP contribution in [-0.4, -0.2) is 57.0 Å². The van der Waals surface area contributed by atoms with Gasteiger partial charge in [0.15, 0.2) is 5.96 Å². The zero-order chi connectivity index (χ0) is 17.8. The van der Waals surface area contributed by atoms with Crippen molar-refractivity contribution in [1.82, 2.24) is 15.4 Å². The molecule has 0 saturated carbocycles. The molecule has 0 aliphatic heterocycles. The van der Waals surface area contributed by atoms with Gasteiger partial charge in [-0.25, -0.2) is 13.1 Å². The second-order valence-corrected chi connectivity index (χ2v) is 7.74. The average Bonchev–Trinajstić information content (AvgIpc) is 2.49. The molecule has 0 saturated heterocycles. The maximum absolute atomic E-state index is 11.4. The summed E-state index contributed by atoms with van der Waals surface area (Å²) >= 11 is 0. The van der Waals surface area contributed by atoms with Crippen LogP contribution in [0.15, 0.2) is 4.99 Å². The summed E-state index contributed by atoms with van der Waals surface area (Å²) in [4.78, 5) is 4.44. The lowest BCUT2D eigenvalue weighted by Crippen LogP contribution is -2.43. The second kappa shape index (κ2) is 14.1. The van der Waals surface area contributed by atoms with Crippen molar-refractivity contribution in [2.75, 3.05) is 31.9 Å². The first-order valence-corrected chi connectivity index (χ1v) is 10.2. The molecule has 0 aliphatic rings. The van der Waals surface area contributed by atoms with Crippen molar-refractivity contribution in [2.24, 2.45) is 4.99 Å². The van der Waals surface area contributed by atoms with Crippen molar-refractivity contribution in [3.05, 3.63) is 0 Å². The highest BCUT2D eigenvalue weighted by Crippen LogP contribution is 2.19. The molecule has 0 amide bonds. The van der Waals surface area contributed by atoms with Crippen LogP contribution < -0.4 is 15.4 Å². The van der Waals surface area contributed by atoms with E-state index in [-0.39, 0.29) is 29.7 Å². The van der Waals surface area contributed by atoms with E-state index >= 15 is 0 Å². The molecule has 0 radical (unpaired) electrons. The number of hydrogen-bond donors (Lipinski definition) is 4. The van der Waals surface area contributed by atoms with Gasteiger partial charge in [0.2, 0.25) is 10.0 Å². The summed E-state index contributed by atoms with van der Waals surface area (Å²) in [5, 5.41) is 16.8. The summed E-state index contributed by atoms with van der Waals surface area (Å²) in [6.07, 6.45) is 3.27. The fourth-order valence-electron chi connectivity index (χ4n) is 2.27. The van der Waals surface area contributed by atoms with Gasteiger partial charge in [0.1, 0.15) is 0 Å². The van der Waals surface area contributed by atoms with Gasteiger partial charge in [0, 0.05) is 19.6 Å². The first-order chi connectivity index (χ1) is 10.8. The summed E-state index contributed by atoms with van der Waals surface area (Å²) in [6, 6.07) is 0. The minimum Gasteiger partial charge on any atom is -0.388 e. The van der Waals surface area contributed by atoms with Crippen LogP contribution in [-0.2, 0) is 10.0 Å². The van der Waals surface area contributed by atoms with Crippen LogP contribution in [0.3, 0.4) is 0 Å². The summed E-state index contributed by atoms with van der Waals surface area (Å²) in [6.45, 7) is 9.43. The first kappa shape index (κ1) is 26.1. The predicted octanol–water partition coefficient (Wildman–Crippen LogP) is 1.43. The van der Waals surface area contributed by atoms with Gasteiger partial charge >= 0.3 is 0 Å². The topological polar surface area (TPSA) is 103 Å². The Morgan fingerprint density at radius 1 is 1.04 bits per heavy atom. The van der Waals surface area contributed by atoms with E-state index in [2.05, 4.69) is 20.3 Å². The average molecular weight is 478 g/mol. The van der Waals surface area contributed by atoms with Crippen molar-refractivity contribution in [3.63, 3.8) is 0 Å². The lowest BCUT2D eigenvalue weighted by Gasteiger charge is -2.26. The van der Waals surface area contributed by atoms with Crippen molar-refractivity contribution < 1.29 is 13.5 Å². The van der Waals surface area contributed by atoms with Gasteiger partial charge in [-0.1, -0.05) is 26.7 Å². The van der Waals surface area contributed by atoms with Gasteiger partial charge in [-0.3, -0.25) is 4.99 Å². The van der Waals surface area contributed by atoms with Crippen molar-refractivity contribution in [1.29, 1.82) is 0 Å². The SMILES string of the molecule is CCCC(O)(CCC)CN=C(NCC)NCCNS(=O)(=O)CC.I. The van der Waals surface area contributed by atoms with Crippen molar-refractivity contribution in [3.8, 4) is 0 Å². The van der Waals surface area contributed by atoms with Gasteiger partial charge in [-0.15, -0.1) is 24.0 Å². The van der Waals surface area contributed by atoms with E-state index in [1.165, 1.54) is 0 Å². The van der Waals surface area contributed by atoms with Crippen LogP contribution >= 0.6 is 24.0 Å². The number of aliphatic hydroxyl groups is 1. The Bertz CT molecular complexity index is 438. The van der Waals surface area contributed by atoms with E-state index in [4.69, 9.17) is 0 Å². The van der Waals surface area contributed by atoms with Crippen LogP contribution in [0, 0.1) is 0 Å². The summed E-state index contributed by atoms with van der Waals surface area (Å²) in [5.74, 6) is 0.663. The number of halogens is 1. The molecule has 9 heteroatoms. The van der Waals surface area contributed by atoms with Crippen LogP contribution in [0.25, 0.3) is 0 Å². The van der Waals surface area contributed by atoms with E-state index in [9.17, 15) is 13.5 Å². The molecule has 146 valence electrons. The number of nitrogens with one attached hydrogen (secondary N) is 3. The largest absolute Gasteiger partial charge is 0.388 e. The fraction of sp³-hybridized carbons (Fsp3) is 0.933.